The molecule has 3 heterocycles. The molecule has 3 saturated heterocycles. The van der Waals surface area contributed by atoms with E-state index in [4.69, 9.17) is 9.84 Å². The highest BCUT2D eigenvalue weighted by Crippen LogP contribution is 2.21. The van der Waals surface area contributed by atoms with Gasteiger partial charge in [-0.2, -0.15) is 0 Å². The van der Waals surface area contributed by atoms with Gasteiger partial charge in [-0.05, 0) is 0 Å². The Morgan fingerprint density at radius 1 is 1.29 bits per heavy atom. The minimum Gasteiger partial charge on any atom is -0.465 e. The van der Waals surface area contributed by atoms with Gasteiger partial charge >= 0.3 is 6.09 Å². The third-order valence-corrected chi connectivity index (χ3v) is 3.74. The number of morpholine rings is 1. The lowest BCUT2D eigenvalue weighted by atomic mass is 10.1. The number of piperazine rings is 2. The molecule has 0 aliphatic carbocycles. The third kappa shape index (κ3) is 1.99. The number of fused-ring (bicyclic) bond motifs is 3. The Morgan fingerprint density at radius 2 is 2.12 bits per heavy atom. The van der Waals surface area contributed by atoms with Crippen molar-refractivity contribution in [1.29, 1.82) is 0 Å². The SMILES string of the molecule is O=C(O)N1CCN2C(COC3NCCNC32)C1. The molecule has 96 valence electrons. The predicted octanol–water partition coefficient (Wildman–Crippen LogP) is -1.47. The molecule has 3 aliphatic rings. The first-order chi connectivity index (χ1) is 8.25. The van der Waals surface area contributed by atoms with Gasteiger partial charge in [0.05, 0.1) is 12.6 Å². The first-order valence-electron chi connectivity index (χ1n) is 6.08. The minimum atomic E-state index is -0.832. The van der Waals surface area contributed by atoms with Crippen LogP contribution in [0.4, 0.5) is 4.79 Å². The van der Waals surface area contributed by atoms with Crippen LogP contribution in [0.5, 0.6) is 0 Å². The fourth-order valence-electron chi connectivity index (χ4n) is 2.87. The summed E-state index contributed by atoms with van der Waals surface area (Å²) in [7, 11) is 0. The molecule has 0 bridgehead atoms. The van der Waals surface area contributed by atoms with Crippen molar-refractivity contribution in [3.8, 4) is 0 Å². The molecule has 17 heavy (non-hydrogen) atoms. The van der Waals surface area contributed by atoms with Gasteiger partial charge in [0.25, 0.3) is 0 Å². The maximum atomic E-state index is 11.0. The van der Waals surface area contributed by atoms with E-state index in [9.17, 15) is 4.79 Å². The lowest BCUT2D eigenvalue weighted by Gasteiger charge is -2.51. The Kier molecular flexibility index (Phi) is 2.91. The van der Waals surface area contributed by atoms with E-state index < -0.39 is 6.09 Å². The lowest BCUT2D eigenvalue weighted by Crippen LogP contribution is -2.73. The molecule has 0 aromatic rings. The van der Waals surface area contributed by atoms with Gasteiger partial charge in [0.1, 0.15) is 12.4 Å². The summed E-state index contributed by atoms with van der Waals surface area (Å²) in [6.07, 6.45) is -0.615. The summed E-state index contributed by atoms with van der Waals surface area (Å²) in [6.45, 7) is 4.34. The highest BCUT2D eigenvalue weighted by atomic mass is 16.5. The molecule has 7 heteroatoms. The molecule has 0 radical (unpaired) electrons. The molecule has 3 rings (SSSR count). The van der Waals surface area contributed by atoms with Gasteiger partial charge in [-0.15, -0.1) is 0 Å². The van der Waals surface area contributed by atoms with E-state index in [0.29, 0.717) is 19.7 Å². The first kappa shape index (κ1) is 11.2. The average molecular weight is 242 g/mol. The normalized spacial score (nSPS) is 38.4. The summed E-state index contributed by atoms with van der Waals surface area (Å²) in [5, 5.41) is 15.8. The highest BCUT2D eigenvalue weighted by Gasteiger charge is 2.42. The molecule has 0 aromatic heterocycles. The lowest BCUT2D eigenvalue weighted by molar-refractivity contribution is -0.150. The van der Waals surface area contributed by atoms with Crippen molar-refractivity contribution in [2.24, 2.45) is 0 Å². The summed E-state index contributed by atoms with van der Waals surface area (Å²) in [6, 6.07) is 0.175. The molecule has 3 unspecified atom stereocenters. The van der Waals surface area contributed by atoms with Gasteiger partial charge < -0.3 is 14.7 Å². The second-order valence-electron chi connectivity index (χ2n) is 4.73. The number of rotatable bonds is 0. The quantitative estimate of drug-likeness (QED) is 0.481. The summed E-state index contributed by atoms with van der Waals surface area (Å²) < 4.78 is 5.74. The van der Waals surface area contributed by atoms with E-state index >= 15 is 0 Å². The van der Waals surface area contributed by atoms with E-state index in [1.54, 1.807) is 0 Å². The second kappa shape index (κ2) is 4.41. The van der Waals surface area contributed by atoms with E-state index in [1.165, 1.54) is 4.90 Å². The van der Waals surface area contributed by atoms with E-state index in [2.05, 4.69) is 15.5 Å². The molecule has 1 amide bonds. The summed E-state index contributed by atoms with van der Waals surface area (Å²) in [5.74, 6) is 0. The monoisotopic (exact) mass is 242 g/mol. The maximum absolute atomic E-state index is 11.0. The summed E-state index contributed by atoms with van der Waals surface area (Å²) in [5.41, 5.74) is 0. The Balaban J connectivity index is 1.69. The van der Waals surface area contributed by atoms with Crippen LogP contribution < -0.4 is 10.6 Å². The zero-order valence-electron chi connectivity index (χ0n) is 9.63. The number of hydrogen-bond acceptors (Lipinski definition) is 5. The number of amides is 1. The molecular weight excluding hydrogens is 224 g/mol. The van der Waals surface area contributed by atoms with E-state index in [0.717, 1.165) is 19.6 Å². The molecule has 0 spiro atoms. The Morgan fingerprint density at radius 3 is 2.94 bits per heavy atom. The fraction of sp³-hybridized carbons (Fsp3) is 0.900. The first-order valence-corrected chi connectivity index (χ1v) is 6.08. The molecule has 3 atom stereocenters. The van der Waals surface area contributed by atoms with Crippen LogP contribution in [-0.4, -0.2) is 78.8 Å². The van der Waals surface area contributed by atoms with Gasteiger partial charge in [0, 0.05) is 32.7 Å². The van der Waals surface area contributed by atoms with Gasteiger partial charge in [0.2, 0.25) is 0 Å². The highest BCUT2D eigenvalue weighted by molar-refractivity contribution is 5.65. The smallest absolute Gasteiger partial charge is 0.407 e. The number of nitrogens with zero attached hydrogens (tertiary/aromatic N) is 2. The van der Waals surface area contributed by atoms with Crippen LogP contribution >= 0.6 is 0 Å². The van der Waals surface area contributed by atoms with Crippen molar-refractivity contribution in [2.75, 3.05) is 39.3 Å². The molecule has 3 fully saturated rings. The summed E-state index contributed by atoms with van der Waals surface area (Å²) >= 11 is 0. The third-order valence-electron chi connectivity index (χ3n) is 3.74. The summed E-state index contributed by atoms with van der Waals surface area (Å²) in [4.78, 5) is 14.8. The van der Waals surface area contributed by atoms with Crippen molar-refractivity contribution in [1.82, 2.24) is 20.4 Å². The number of carboxylic acid groups (broad SMARTS) is 1. The van der Waals surface area contributed by atoms with Crippen LogP contribution in [0.3, 0.4) is 0 Å². The fourth-order valence-corrected chi connectivity index (χ4v) is 2.87. The van der Waals surface area contributed by atoms with E-state index in [1.807, 2.05) is 0 Å². The number of hydrogen-bond donors (Lipinski definition) is 3. The molecule has 3 N–H and O–H groups in total. The van der Waals surface area contributed by atoms with Crippen LogP contribution in [0.1, 0.15) is 0 Å². The number of carbonyl (C=O) groups is 1. The number of ether oxygens (including phenoxy) is 1. The molecular formula is C10H18N4O3. The molecule has 0 aromatic carbocycles. The van der Waals surface area contributed by atoms with E-state index in [-0.39, 0.29) is 18.4 Å². The molecule has 0 saturated carbocycles. The Labute approximate surface area is 99.7 Å². The van der Waals surface area contributed by atoms with Crippen LogP contribution in [0.25, 0.3) is 0 Å². The van der Waals surface area contributed by atoms with Crippen molar-refractivity contribution in [2.45, 2.75) is 18.4 Å². The van der Waals surface area contributed by atoms with Crippen molar-refractivity contribution >= 4 is 6.09 Å². The van der Waals surface area contributed by atoms with Crippen LogP contribution in [0, 0.1) is 0 Å². The topological polar surface area (TPSA) is 77.1 Å². The zero-order valence-corrected chi connectivity index (χ0v) is 9.63. The number of nitrogens with one attached hydrogen (secondary N) is 2. The standard InChI is InChI=1S/C10H18N4O3/c15-10(16)13-3-4-14-7(5-13)6-17-9-8(14)11-1-2-12-9/h7-9,11-12H,1-6H2,(H,15,16). The second-order valence-corrected chi connectivity index (χ2v) is 4.73. The van der Waals surface area contributed by atoms with Gasteiger partial charge in [-0.3, -0.25) is 15.5 Å². The van der Waals surface area contributed by atoms with Gasteiger partial charge in [-0.1, -0.05) is 0 Å². The molecule has 3 aliphatic heterocycles. The Hall–Kier alpha value is -0.890. The van der Waals surface area contributed by atoms with Crippen LogP contribution in [-0.2, 0) is 4.74 Å². The maximum Gasteiger partial charge on any atom is 0.407 e. The minimum absolute atomic E-state index is 0.0383. The predicted molar refractivity (Wildman–Crippen MR) is 59.6 cm³/mol. The average Bonchev–Trinajstić information content (AvgIpc) is 2.38. The zero-order chi connectivity index (χ0) is 11.8. The van der Waals surface area contributed by atoms with Gasteiger partial charge in [-0.25, -0.2) is 4.79 Å². The Bertz CT molecular complexity index is 314. The van der Waals surface area contributed by atoms with Crippen LogP contribution in [0.2, 0.25) is 0 Å². The largest absolute Gasteiger partial charge is 0.465 e. The van der Waals surface area contributed by atoms with Crippen molar-refractivity contribution in [3.63, 3.8) is 0 Å². The van der Waals surface area contributed by atoms with Crippen molar-refractivity contribution in [3.05, 3.63) is 0 Å². The van der Waals surface area contributed by atoms with Crippen molar-refractivity contribution < 1.29 is 14.6 Å². The molecule has 7 nitrogen and oxygen atoms in total. The van der Waals surface area contributed by atoms with Crippen LogP contribution in [0.15, 0.2) is 0 Å². The van der Waals surface area contributed by atoms with Gasteiger partial charge in [0.15, 0.2) is 0 Å².